The number of anilines is 1. The summed E-state index contributed by atoms with van der Waals surface area (Å²) in [5.74, 6) is -0.684. The van der Waals surface area contributed by atoms with Crippen LogP contribution in [-0.2, 0) is 11.2 Å². The van der Waals surface area contributed by atoms with E-state index in [1.165, 1.54) is 0 Å². The van der Waals surface area contributed by atoms with Gasteiger partial charge in [-0.25, -0.2) is 4.79 Å². The number of carbonyl (C=O) groups is 2. The lowest BCUT2D eigenvalue weighted by molar-refractivity contribution is -0.139. The molecule has 3 aromatic rings. The highest BCUT2D eigenvalue weighted by molar-refractivity contribution is 6.01. The number of para-hydroxylation sites is 2. The average Bonchev–Trinajstić information content (AvgIpc) is 2.78. The maximum absolute atomic E-state index is 13.4. The molecule has 1 amide bonds. The van der Waals surface area contributed by atoms with Gasteiger partial charge in [0.05, 0.1) is 5.56 Å². The molecule has 0 fully saturated rings. The summed E-state index contributed by atoms with van der Waals surface area (Å²) in [6, 6.07) is 24.6. The van der Waals surface area contributed by atoms with Crippen LogP contribution in [0.4, 0.5) is 5.69 Å². The molecule has 0 saturated heterocycles. The van der Waals surface area contributed by atoms with Gasteiger partial charge >= 0.3 is 5.97 Å². The Morgan fingerprint density at radius 3 is 2.47 bits per heavy atom. The van der Waals surface area contributed by atoms with Gasteiger partial charge in [0.25, 0.3) is 5.91 Å². The van der Waals surface area contributed by atoms with Crippen molar-refractivity contribution < 1.29 is 19.4 Å². The molecular formula is C24H22N2O4. The fourth-order valence-electron chi connectivity index (χ4n) is 3.64. The van der Waals surface area contributed by atoms with Gasteiger partial charge in [-0.1, -0.05) is 60.7 Å². The largest absolute Gasteiger partial charge is 0.481 e. The molecule has 30 heavy (non-hydrogen) atoms. The number of aliphatic carboxylic acids is 1. The van der Waals surface area contributed by atoms with Crippen molar-refractivity contribution in [1.29, 1.82) is 0 Å². The molecule has 0 spiro atoms. The monoisotopic (exact) mass is 402 g/mol. The Balaban J connectivity index is 1.68. The van der Waals surface area contributed by atoms with E-state index in [0.29, 0.717) is 24.3 Å². The van der Waals surface area contributed by atoms with Crippen LogP contribution in [0, 0.1) is 0 Å². The van der Waals surface area contributed by atoms with Crippen molar-refractivity contribution in [3.8, 4) is 5.75 Å². The van der Waals surface area contributed by atoms with E-state index in [-0.39, 0.29) is 5.91 Å². The van der Waals surface area contributed by atoms with Gasteiger partial charge in [-0.05, 0) is 30.2 Å². The molecule has 0 radical (unpaired) electrons. The highest BCUT2D eigenvalue weighted by atomic mass is 16.5. The molecule has 0 saturated carbocycles. The molecular weight excluding hydrogens is 380 g/mol. The molecule has 0 aliphatic carbocycles. The second-order valence-electron chi connectivity index (χ2n) is 7.05. The van der Waals surface area contributed by atoms with Gasteiger partial charge in [0.15, 0.2) is 6.61 Å². The number of ether oxygens (including phenoxy) is 1. The van der Waals surface area contributed by atoms with Crippen LogP contribution in [0.5, 0.6) is 5.75 Å². The van der Waals surface area contributed by atoms with Gasteiger partial charge in [0.1, 0.15) is 11.9 Å². The molecule has 0 aromatic heterocycles. The third-order valence-electron chi connectivity index (χ3n) is 5.07. The number of rotatable bonds is 7. The number of carboxylic acids is 1. The van der Waals surface area contributed by atoms with Gasteiger partial charge in [-0.15, -0.1) is 0 Å². The van der Waals surface area contributed by atoms with Crippen LogP contribution in [0.15, 0.2) is 78.9 Å². The number of carboxylic acid groups (broad SMARTS) is 1. The Labute approximate surface area is 174 Å². The second-order valence-corrected chi connectivity index (χ2v) is 7.05. The number of nitrogens with zero attached hydrogens (tertiary/aromatic N) is 1. The number of nitrogens with one attached hydrogen (secondary N) is 1. The maximum atomic E-state index is 13.4. The van der Waals surface area contributed by atoms with Crippen molar-refractivity contribution in [3.05, 3.63) is 95.6 Å². The van der Waals surface area contributed by atoms with E-state index in [4.69, 9.17) is 9.84 Å². The lowest BCUT2D eigenvalue weighted by Gasteiger charge is -2.38. The molecule has 2 N–H and O–H groups in total. The first-order valence-electron chi connectivity index (χ1n) is 9.77. The van der Waals surface area contributed by atoms with E-state index in [2.05, 4.69) is 5.32 Å². The molecule has 1 aliphatic rings. The molecule has 4 rings (SSSR count). The van der Waals surface area contributed by atoms with Crippen molar-refractivity contribution in [2.75, 3.05) is 18.5 Å². The third kappa shape index (κ3) is 4.12. The lowest BCUT2D eigenvalue weighted by Crippen LogP contribution is -2.44. The predicted octanol–water partition coefficient (Wildman–Crippen LogP) is 3.96. The van der Waals surface area contributed by atoms with Crippen LogP contribution in [-0.4, -0.2) is 35.0 Å². The number of carbonyl (C=O) groups excluding carboxylic acids is 1. The Morgan fingerprint density at radius 1 is 0.967 bits per heavy atom. The summed E-state index contributed by atoms with van der Waals surface area (Å²) in [6.07, 6.45) is 0.228. The van der Waals surface area contributed by atoms with Crippen molar-refractivity contribution >= 4 is 17.6 Å². The average molecular weight is 402 g/mol. The minimum atomic E-state index is -1.05. The third-order valence-corrected chi connectivity index (χ3v) is 5.07. The molecule has 1 heterocycles. The summed E-state index contributed by atoms with van der Waals surface area (Å²) in [5.41, 5.74) is 3.22. The van der Waals surface area contributed by atoms with Crippen molar-refractivity contribution in [2.45, 2.75) is 12.6 Å². The zero-order chi connectivity index (χ0) is 20.9. The lowest BCUT2D eigenvalue weighted by atomic mass is 10.0. The summed E-state index contributed by atoms with van der Waals surface area (Å²) in [5, 5.41) is 12.4. The summed E-state index contributed by atoms with van der Waals surface area (Å²) in [6.45, 7) is 0.0559. The number of benzene rings is 3. The Hall–Kier alpha value is -3.80. The number of hydrogen-bond acceptors (Lipinski definition) is 4. The van der Waals surface area contributed by atoms with E-state index in [1.54, 1.807) is 17.0 Å². The van der Waals surface area contributed by atoms with Crippen LogP contribution >= 0.6 is 0 Å². The fourth-order valence-corrected chi connectivity index (χ4v) is 3.64. The van der Waals surface area contributed by atoms with Gasteiger partial charge in [0, 0.05) is 17.8 Å². The van der Waals surface area contributed by atoms with Crippen LogP contribution < -0.4 is 10.1 Å². The van der Waals surface area contributed by atoms with Crippen molar-refractivity contribution in [1.82, 2.24) is 4.90 Å². The van der Waals surface area contributed by atoms with Crippen molar-refractivity contribution in [2.24, 2.45) is 0 Å². The molecule has 0 unspecified atom stereocenters. The Morgan fingerprint density at radius 2 is 1.67 bits per heavy atom. The smallest absolute Gasteiger partial charge is 0.341 e. The minimum absolute atomic E-state index is 0.0710. The molecule has 6 nitrogen and oxygen atoms in total. The minimum Gasteiger partial charge on any atom is -0.481 e. The zero-order valence-electron chi connectivity index (χ0n) is 16.3. The molecule has 152 valence electrons. The van der Waals surface area contributed by atoms with Crippen LogP contribution in [0.1, 0.15) is 27.7 Å². The first-order valence-corrected chi connectivity index (χ1v) is 9.77. The molecule has 6 heteroatoms. The van der Waals surface area contributed by atoms with Crippen LogP contribution in [0.2, 0.25) is 0 Å². The standard InChI is InChI=1S/C24H22N2O4/c27-22(28)16-30-21-13-7-5-11-19(21)23-25-20-12-6-4-10-18(20)24(29)26(23)15-14-17-8-2-1-3-9-17/h1-13,23,25H,14-16H2,(H,27,28)/t23-/m1/s1. The highest BCUT2D eigenvalue weighted by Gasteiger charge is 2.34. The number of fused-ring (bicyclic) bond motifs is 1. The van der Waals surface area contributed by atoms with Crippen LogP contribution in [0.25, 0.3) is 0 Å². The van der Waals surface area contributed by atoms with Crippen molar-refractivity contribution in [3.63, 3.8) is 0 Å². The molecule has 0 bridgehead atoms. The summed E-state index contributed by atoms with van der Waals surface area (Å²) < 4.78 is 5.51. The summed E-state index contributed by atoms with van der Waals surface area (Å²) >= 11 is 0. The Bertz CT molecular complexity index is 1050. The van der Waals surface area contributed by atoms with Gasteiger partial charge in [-0.3, -0.25) is 4.79 Å². The van der Waals surface area contributed by atoms with Crippen LogP contribution in [0.3, 0.4) is 0 Å². The normalized spacial score (nSPS) is 15.3. The molecule has 1 aliphatic heterocycles. The van der Waals surface area contributed by atoms with E-state index in [0.717, 1.165) is 16.8 Å². The maximum Gasteiger partial charge on any atom is 0.341 e. The molecule has 1 atom stereocenters. The van der Waals surface area contributed by atoms with Gasteiger partial charge in [-0.2, -0.15) is 0 Å². The van der Waals surface area contributed by atoms with Gasteiger partial charge < -0.3 is 20.1 Å². The predicted molar refractivity (Wildman–Crippen MR) is 114 cm³/mol. The fraction of sp³-hybridized carbons (Fsp3) is 0.167. The van der Waals surface area contributed by atoms with Gasteiger partial charge in [0.2, 0.25) is 0 Å². The van der Waals surface area contributed by atoms with E-state index in [9.17, 15) is 9.59 Å². The Kier molecular flexibility index (Phi) is 5.66. The van der Waals surface area contributed by atoms with E-state index >= 15 is 0 Å². The topological polar surface area (TPSA) is 78.9 Å². The summed E-state index contributed by atoms with van der Waals surface area (Å²) in [4.78, 5) is 26.1. The first kappa shape index (κ1) is 19.5. The highest BCUT2D eigenvalue weighted by Crippen LogP contribution is 2.36. The number of amides is 1. The quantitative estimate of drug-likeness (QED) is 0.625. The number of hydrogen-bond donors (Lipinski definition) is 2. The zero-order valence-corrected chi connectivity index (χ0v) is 16.3. The van der Waals surface area contributed by atoms with E-state index < -0.39 is 18.7 Å². The molecule has 3 aromatic carbocycles. The first-order chi connectivity index (χ1) is 14.6. The van der Waals surface area contributed by atoms with E-state index in [1.807, 2.05) is 66.7 Å². The second kappa shape index (κ2) is 8.69. The summed E-state index contributed by atoms with van der Waals surface area (Å²) in [7, 11) is 0. The SMILES string of the molecule is O=C(O)COc1ccccc1[C@@H]1Nc2ccccc2C(=O)N1CCc1ccccc1.